The van der Waals surface area contributed by atoms with E-state index in [4.69, 9.17) is 0 Å². The maximum atomic E-state index is 3.70. The van der Waals surface area contributed by atoms with E-state index in [9.17, 15) is 0 Å². The van der Waals surface area contributed by atoms with Gasteiger partial charge in [0.2, 0.25) is 0 Å². The van der Waals surface area contributed by atoms with Crippen LogP contribution in [-0.2, 0) is 17.1 Å². The van der Waals surface area contributed by atoms with E-state index in [1.165, 1.54) is 69.8 Å². The number of hydrogen-bond acceptors (Lipinski definition) is 0. The van der Waals surface area contributed by atoms with Crippen LogP contribution < -0.4 is 0 Å². The van der Waals surface area contributed by atoms with Crippen molar-refractivity contribution in [3.8, 4) is 0 Å². The minimum atomic E-state index is -0.191. The largest absolute Gasteiger partial charge is 2.00 e. The molecule has 3 heteroatoms. The smallest absolute Gasteiger partial charge is 0.288 e. The van der Waals surface area contributed by atoms with Crippen LogP contribution in [0.2, 0.25) is 0 Å². The summed E-state index contributed by atoms with van der Waals surface area (Å²) in [6.45, 7) is 17.3. The van der Waals surface area contributed by atoms with Crippen LogP contribution in [0.4, 0.5) is 0 Å². The van der Waals surface area contributed by atoms with E-state index in [-0.39, 0.29) is 32.9 Å². The van der Waals surface area contributed by atoms with Crippen LogP contribution in [-0.4, -0.2) is 27.3 Å². The molecule has 2 fully saturated rings. The summed E-state index contributed by atoms with van der Waals surface area (Å²) in [5.74, 6) is 0. The molecule has 0 spiro atoms. The number of hydrogen-bond donors (Lipinski definition) is 0. The fourth-order valence-electron chi connectivity index (χ4n) is 6.63. The first-order valence-electron chi connectivity index (χ1n) is 13.4. The van der Waals surface area contributed by atoms with Gasteiger partial charge in [-0.15, -0.1) is 39.4 Å². The summed E-state index contributed by atoms with van der Waals surface area (Å²) < 4.78 is 0. The standard InChI is InChI=1S/C27H44P2.C5.Fe/c1-21(29(26(2,3)4)27(5,6)7)24-19-14-20-25(24)28(22-15-10-8-11-16-22)23-17-12-9-13-18-23;1-2-4-5-3-1;/h21-23H,8-13,15-18H2,1-7H3;;/q2*-1;+2/t21-;;/m1../s1. The van der Waals surface area contributed by atoms with E-state index in [0.29, 0.717) is 16.0 Å². The van der Waals surface area contributed by atoms with E-state index < -0.39 is 0 Å². The Morgan fingerprint density at radius 1 is 0.771 bits per heavy atom. The minimum Gasteiger partial charge on any atom is -0.288 e. The Morgan fingerprint density at radius 2 is 1.29 bits per heavy atom. The maximum absolute atomic E-state index is 3.70. The topological polar surface area (TPSA) is 0 Å². The van der Waals surface area contributed by atoms with Gasteiger partial charge < -0.3 is 0 Å². The Hall–Kier alpha value is -0.281. The molecule has 4 aliphatic carbocycles. The average molecular weight is 546 g/mol. The molecule has 35 heavy (non-hydrogen) atoms. The predicted molar refractivity (Wildman–Crippen MR) is 151 cm³/mol. The zero-order chi connectivity index (χ0) is 24.8. The fourth-order valence-corrected chi connectivity index (χ4v) is 15.4. The minimum absolute atomic E-state index is 0. The van der Waals surface area contributed by atoms with Gasteiger partial charge in [-0.3, -0.25) is 17.2 Å². The van der Waals surface area contributed by atoms with E-state index in [1.54, 1.807) is 5.31 Å². The summed E-state index contributed by atoms with van der Waals surface area (Å²) in [4.78, 5) is 0. The second-order valence-electron chi connectivity index (χ2n) is 12.1. The molecular formula is C32H44FeP2. The summed E-state index contributed by atoms with van der Waals surface area (Å²) in [5, 5.41) is 2.29. The third-order valence-corrected chi connectivity index (χ3v) is 14.8. The molecule has 0 nitrogen and oxygen atoms in total. The van der Waals surface area contributed by atoms with Crippen LogP contribution in [0.25, 0.3) is 0 Å². The van der Waals surface area contributed by atoms with Gasteiger partial charge in [0.05, 0.1) is 0 Å². The van der Waals surface area contributed by atoms with Crippen LogP contribution in [0, 0.1) is 24.3 Å². The SMILES string of the molecule is C[C@H](C1=[C][C-]=C=C1P(C1CCCCC1)C1CCCCC1)P(C(C)(C)C)C(C)(C)C.[C]1=C=C=C=[C-]1.[Fe+2]. The van der Waals surface area contributed by atoms with Crippen molar-refractivity contribution in [3.05, 3.63) is 58.1 Å². The molecule has 0 aromatic heterocycles. The van der Waals surface area contributed by atoms with E-state index in [0.717, 1.165) is 11.3 Å². The summed E-state index contributed by atoms with van der Waals surface area (Å²) in [5.41, 5.74) is 15.2. The third-order valence-electron chi connectivity index (χ3n) is 7.39. The van der Waals surface area contributed by atoms with E-state index in [1.807, 2.05) is 0 Å². The molecule has 0 saturated heterocycles. The van der Waals surface area contributed by atoms with Gasteiger partial charge in [0.25, 0.3) is 0 Å². The van der Waals surface area contributed by atoms with Crippen molar-refractivity contribution in [2.24, 2.45) is 0 Å². The molecule has 1 atom stereocenters. The molecule has 0 aliphatic heterocycles. The van der Waals surface area contributed by atoms with Gasteiger partial charge in [0.1, 0.15) is 0 Å². The van der Waals surface area contributed by atoms with Gasteiger partial charge in [-0.2, -0.15) is 11.6 Å². The van der Waals surface area contributed by atoms with Gasteiger partial charge >= 0.3 is 17.1 Å². The summed E-state index contributed by atoms with van der Waals surface area (Å²) in [6.07, 6.45) is 26.6. The number of rotatable bonds is 5. The van der Waals surface area contributed by atoms with Crippen LogP contribution in [0.15, 0.2) is 33.8 Å². The molecule has 0 amide bonds. The summed E-state index contributed by atoms with van der Waals surface area (Å²) in [6, 6.07) is 0. The van der Waals surface area contributed by atoms with Crippen molar-refractivity contribution >= 4 is 15.8 Å². The zero-order valence-electron chi connectivity index (χ0n) is 23.1. The first-order chi connectivity index (χ1) is 16.1. The van der Waals surface area contributed by atoms with Gasteiger partial charge in [0.15, 0.2) is 0 Å². The Kier molecular flexibility index (Phi) is 12.4. The molecule has 0 heterocycles. The Bertz CT molecular complexity index is 871. The molecular weight excluding hydrogens is 502 g/mol. The Morgan fingerprint density at radius 3 is 1.66 bits per heavy atom. The normalized spacial score (nSPS) is 21.2. The van der Waals surface area contributed by atoms with Crippen molar-refractivity contribution in [1.82, 2.24) is 0 Å². The number of allylic oxidation sites excluding steroid dienone is 5. The van der Waals surface area contributed by atoms with E-state index >= 15 is 0 Å². The first kappa shape index (κ1) is 30.9. The van der Waals surface area contributed by atoms with Crippen LogP contribution in [0.3, 0.4) is 0 Å². The van der Waals surface area contributed by atoms with Crippen molar-refractivity contribution < 1.29 is 17.1 Å². The summed E-state index contributed by atoms with van der Waals surface area (Å²) in [7, 11) is -0.304. The van der Waals surface area contributed by atoms with Crippen molar-refractivity contribution in [2.45, 2.75) is 140 Å². The second-order valence-corrected chi connectivity index (χ2v) is 19.1. The molecule has 4 aliphatic rings. The molecule has 0 aromatic carbocycles. The van der Waals surface area contributed by atoms with Crippen molar-refractivity contribution in [3.63, 3.8) is 0 Å². The fraction of sp³-hybridized carbons (Fsp3) is 0.688. The van der Waals surface area contributed by atoms with Crippen LogP contribution in [0.1, 0.15) is 113 Å². The quantitative estimate of drug-likeness (QED) is 0.139. The van der Waals surface area contributed by atoms with Crippen molar-refractivity contribution in [1.29, 1.82) is 0 Å². The second kappa shape index (κ2) is 14.0. The monoisotopic (exact) mass is 546 g/mol. The van der Waals surface area contributed by atoms with Gasteiger partial charge in [0, 0.05) is 0 Å². The molecule has 0 N–H and O–H groups in total. The van der Waals surface area contributed by atoms with Gasteiger partial charge in [-0.05, 0) is 47.3 Å². The molecule has 2 radical (unpaired) electrons. The molecule has 0 bridgehead atoms. The molecule has 2 saturated carbocycles. The molecule has 0 aromatic rings. The Labute approximate surface area is 230 Å². The van der Waals surface area contributed by atoms with Crippen LogP contribution in [0.5, 0.6) is 0 Å². The summed E-state index contributed by atoms with van der Waals surface area (Å²) >= 11 is 0. The molecule has 190 valence electrons. The predicted octanol–water partition coefficient (Wildman–Crippen LogP) is 9.81. The average Bonchev–Trinajstić information content (AvgIpc) is 3.49. The first-order valence-corrected chi connectivity index (χ1v) is 16.3. The van der Waals surface area contributed by atoms with Gasteiger partial charge in [-0.1, -0.05) is 92.7 Å². The van der Waals surface area contributed by atoms with Crippen molar-refractivity contribution in [2.75, 3.05) is 0 Å². The van der Waals surface area contributed by atoms with Crippen LogP contribution >= 0.6 is 15.8 Å². The molecule has 0 unspecified atom stereocenters. The zero-order valence-corrected chi connectivity index (χ0v) is 25.9. The third kappa shape index (κ3) is 8.62. The molecule has 4 rings (SSSR count). The maximum Gasteiger partial charge on any atom is 2.00 e. The van der Waals surface area contributed by atoms with E-state index in [2.05, 4.69) is 95.7 Å². The Balaban J connectivity index is 0.000000640. The van der Waals surface area contributed by atoms with Gasteiger partial charge in [-0.25, -0.2) is 5.73 Å².